The zero-order valence-corrected chi connectivity index (χ0v) is 13.5. The number of aryl methyl sites for hydroxylation is 1. The number of fused-ring (bicyclic) bond motifs is 3. The van der Waals surface area contributed by atoms with Crippen LogP contribution in [0.25, 0.3) is 21.8 Å². The fraction of sp³-hybridized carbons (Fsp3) is 0.333. The van der Waals surface area contributed by atoms with Gasteiger partial charge in [-0.25, -0.2) is 0 Å². The summed E-state index contributed by atoms with van der Waals surface area (Å²) >= 11 is 3.73. The molecule has 0 unspecified atom stereocenters. The van der Waals surface area contributed by atoms with Crippen molar-refractivity contribution in [2.45, 2.75) is 39.2 Å². The lowest BCUT2D eigenvalue weighted by molar-refractivity contribution is 0.602. The molecule has 2 heteroatoms. The number of hydrogen-bond donors (Lipinski definition) is 0. The summed E-state index contributed by atoms with van der Waals surface area (Å²) < 4.78 is 3.67. The Labute approximate surface area is 128 Å². The van der Waals surface area contributed by atoms with Gasteiger partial charge >= 0.3 is 0 Å². The van der Waals surface area contributed by atoms with E-state index < -0.39 is 0 Å². The van der Waals surface area contributed by atoms with Gasteiger partial charge in [0.2, 0.25) is 0 Å². The summed E-state index contributed by atoms with van der Waals surface area (Å²) in [5, 5.41) is 2.71. The van der Waals surface area contributed by atoms with Gasteiger partial charge in [-0.2, -0.15) is 0 Å². The highest BCUT2D eigenvalue weighted by atomic mass is 79.9. The molecule has 0 bridgehead atoms. The van der Waals surface area contributed by atoms with Crippen molar-refractivity contribution >= 4 is 37.7 Å². The Morgan fingerprint density at radius 2 is 1.70 bits per heavy atom. The van der Waals surface area contributed by atoms with Gasteiger partial charge < -0.3 is 4.57 Å². The number of nitrogens with zero attached hydrogens (tertiary/aromatic N) is 1. The van der Waals surface area contributed by atoms with Crippen molar-refractivity contribution in [3.8, 4) is 0 Å². The topological polar surface area (TPSA) is 4.93 Å². The van der Waals surface area contributed by atoms with Crippen LogP contribution in [0.5, 0.6) is 0 Å². The molecule has 2 aromatic carbocycles. The lowest BCUT2D eigenvalue weighted by atomic mass is 10.2. The molecule has 3 aromatic rings. The monoisotopic (exact) mass is 329 g/mol. The fourth-order valence-electron chi connectivity index (χ4n) is 2.99. The highest BCUT2D eigenvalue weighted by Gasteiger charge is 2.11. The van der Waals surface area contributed by atoms with E-state index in [1.165, 1.54) is 52.0 Å². The molecule has 3 rings (SSSR count). The van der Waals surface area contributed by atoms with Crippen molar-refractivity contribution < 1.29 is 0 Å². The van der Waals surface area contributed by atoms with Crippen LogP contribution in [0.2, 0.25) is 0 Å². The number of benzene rings is 2. The van der Waals surface area contributed by atoms with E-state index in [9.17, 15) is 0 Å². The Morgan fingerprint density at radius 3 is 2.55 bits per heavy atom. The quantitative estimate of drug-likeness (QED) is 0.495. The van der Waals surface area contributed by atoms with E-state index in [4.69, 9.17) is 0 Å². The van der Waals surface area contributed by atoms with Crippen LogP contribution in [0.15, 0.2) is 46.9 Å². The molecular weight excluding hydrogens is 310 g/mol. The Morgan fingerprint density at radius 1 is 0.900 bits per heavy atom. The van der Waals surface area contributed by atoms with Gasteiger partial charge in [-0.15, -0.1) is 0 Å². The van der Waals surface area contributed by atoms with Crippen LogP contribution >= 0.6 is 15.9 Å². The highest BCUT2D eigenvalue weighted by Crippen LogP contribution is 2.33. The third-order valence-corrected chi connectivity index (χ3v) is 4.62. The molecule has 20 heavy (non-hydrogen) atoms. The van der Waals surface area contributed by atoms with E-state index in [-0.39, 0.29) is 0 Å². The first-order valence-electron chi connectivity index (χ1n) is 7.48. The Hall–Kier alpha value is -1.28. The average molecular weight is 330 g/mol. The fourth-order valence-corrected chi connectivity index (χ4v) is 3.57. The largest absolute Gasteiger partial charge is 0.340 e. The number of halogens is 1. The van der Waals surface area contributed by atoms with Crippen LogP contribution in [0.3, 0.4) is 0 Å². The zero-order valence-electron chi connectivity index (χ0n) is 11.9. The van der Waals surface area contributed by atoms with Crippen molar-refractivity contribution in [1.82, 2.24) is 4.57 Å². The summed E-state index contributed by atoms with van der Waals surface area (Å²) in [5.41, 5.74) is 2.69. The van der Waals surface area contributed by atoms with Crippen LogP contribution in [-0.4, -0.2) is 4.57 Å². The summed E-state index contributed by atoms with van der Waals surface area (Å²) in [6.45, 7) is 3.36. The van der Waals surface area contributed by atoms with E-state index in [1.807, 2.05) is 0 Å². The van der Waals surface area contributed by atoms with Crippen molar-refractivity contribution in [3.05, 3.63) is 46.9 Å². The molecule has 0 N–H and O–H groups in total. The summed E-state index contributed by atoms with van der Waals surface area (Å²) in [4.78, 5) is 0. The molecule has 0 aliphatic carbocycles. The molecule has 0 atom stereocenters. The van der Waals surface area contributed by atoms with Crippen LogP contribution in [0, 0.1) is 0 Å². The third-order valence-electron chi connectivity index (χ3n) is 3.98. The molecule has 0 saturated heterocycles. The van der Waals surface area contributed by atoms with Gasteiger partial charge in [0, 0.05) is 27.3 Å². The second-order valence-electron chi connectivity index (χ2n) is 5.37. The summed E-state index contributed by atoms with van der Waals surface area (Å²) in [6, 6.07) is 15.2. The Bertz CT molecular complexity index is 727. The zero-order chi connectivity index (χ0) is 13.9. The maximum absolute atomic E-state index is 3.73. The molecule has 0 aliphatic heterocycles. The van der Waals surface area contributed by atoms with Gasteiger partial charge in [-0.3, -0.25) is 0 Å². The first kappa shape index (κ1) is 13.7. The molecule has 0 aliphatic rings. The van der Waals surface area contributed by atoms with Crippen LogP contribution in [0.1, 0.15) is 32.6 Å². The van der Waals surface area contributed by atoms with Gasteiger partial charge in [-0.05, 0) is 34.5 Å². The minimum absolute atomic E-state index is 1.10. The van der Waals surface area contributed by atoms with Crippen LogP contribution in [-0.2, 0) is 6.54 Å². The van der Waals surface area contributed by atoms with Gasteiger partial charge in [0.25, 0.3) is 0 Å². The number of aromatic nitrogens is 1. The number of hydrogen-bond acceptors (Lipinski definition) is 0. The Balaban J connectivity index is 2.11. The molecule has 0 spiro atoms. The van der Waals surface area contributed by atoms with E-state index in [1.54, 1.807) is 0 Å². The number of unbranched alkanes of at least 4 members (excludes halogenated alkanes) is 3. The van der Waals surface area contributed by atoms with Crippen LogP contribution in [0.4, 0.5) is 0 Å². The Kier molecular flexibility index (Phi) is 4.11. The van der Waals surface area contributed by atoms with Crippen molar-refractivity contribution in [2.75, 3.05) is 0 Å². The molecular formula is C18H20BrN. The third kappa shape index (κ3) is 2.37. The van der Waals surface area contributed by atoms with E-state index in [0.29, 0.717) is 0 Å². The number of para-hydroxylation sites is 2. The minimum Gasteiger partial charge on any atom is -0.340 e. The number of rotatable bonds is 5. The first-order valence-corrected chi connectivity index (χ1v) is 8.27. The molecule has 104 valence electrons. The van der Waals surface area contributed by atoms with E-state index >= 15 is 0 Å². The normalized spacial score (nSPS) is 11.5. The summed E-state index contributed by atoms with van der Waals surface area (Å²) in [5.74, 6) is 0. The highest BCUT2D eigenvalue weighted by molar-refractivity contribution is 9.10. The molecule has 0 radical (unpaired) electrons. The lowest BCUT2D eigenvalue weighted by Crippen LogP contribution is -1.98. The molecule has 1 nitrogen and oxygen atoms in total. The summed E-state index contributed by atoms with van der Waals surface area (Å²) in [6.07, 6.45) is 5.19. The first-order chi connectivity index (χ1) is 9.83. The van der Waals surface area contributed by atoms with E-state index in [0.717, 1.165) is 6.54 Å². The molecule has 0 amide bonds. The van der Waals surface area contributed by atoms with Crippen molar-refractivity contribution in [2.24, 2.45) is 0 Å². The summed E-state index contributed by atoms with van der Waals surface area (Å²) in [7, 11) is 0. The molecule has 0 saturated carbocycles. The van der Waals surface area contributed by atoms with Gasteiger partial charge in [0.05, 0.1) is 5.52 Å². The second kappa shape index (κ2) is 6.01. The molecule has 0 fully saturated rings. The predicted octanol–water partition coefficient (Wildman–Crippen LogP) is 6.14. The minimum atomic E-state index is 1.10. The standard InChI is InChI=1S/C18H20BrN/c1-2-3-4-7-13-20-17-12-6-5-9-14(17)15-10-8-11-16(19)18(15)20/h5-6,8-12H,2-4,7,13H2,1H3. The molecule has 1 heterocycles. The maximum atomic E-state index is 3.73. The SMILES string of the molecule is CCCCCCn1c2ccccc2c2cccc(Br)c21. The molecule has 1 aromatic heterocycles. The predicted molar refractivity (Wildman–Crippen MR) is 91.3 cm³/mol. The van der Waals surface area contributed by atoms with Crippen LogP contribution < -0.4 is 0 Å². The smallest absolute Gasteiger partial charge is 0.0635 e. The van der Waals surface area contributed by atoms with Crippen molar-refractivity contribution in [1.29, 1.82) is 0 Å². The maximum Gasteiger partial charge on any atom is 0.0635 e. The van der Waals surface area contributed by atoms with Gasteiger partial charge in [0.1, 0.15) is 0 Å². The second-order valence-corrected chi connectivity index (χ2v) is 6.22. The lowest BCUT2D eigenvalue weighted by Gasteiger charge is -2.08. The van der Waals surface area contributed by atoms with Crippen molar-refractivity contribution in [3.63, 3.8) is 0 Å². The van der Waals surface area contributed by atoms with Gasteiger partial charge in [-0.1, -0.05) is 56.5 Å². The average Bonchev–Trinajstić information content (AvgIpc) is 2.80. The van der Waals surface area contributed by atoms with E-state index in [2.05, 4.69) is 69.9 Å². The van der Waals surface area contributed by atoms with Gasteiger partial charge in [0.15, 0.2) is 0 Å².